The molecular weight excluding hydrogens is 294 g/mol. The van der Waals surface area contributed by atoms with Gasteiger partial charge in [0.15, 0.2) is 0 Å². The molecule has 2 rings (SSSR count). The highest BCUT2D eigenvalue weighted by Gasteiger charge is 2.20. The van der Waals surface area contributed by atoms with Gasteiger partial charge in [-0.1, -0.05) is 6.92 Å². The van der Waals surface area contributed by atoms with E-state index in [9.17, 15) is 0 Å². The lowest BCUT2D eigenvalue weighted by Crippen LogP contribution is -2.30. The highest BCUT2D eigenvalue weighted by atomic mass is 79.9. The predicted octanol–water partition coefficient (Wildman–Crippen LogP) is 2.53. The Balaban J connectivity index is 1.92. The molecule has 1 fully saturated rings. The van der Waals surface area contributed by atoms with Crippen LogP contribution in [-0.2, 0) is 24.8 Å². The predicted molar refractivity (Wildman–Crippen MR) is 75.3 cm³/mol. The second kappa shape index (κ2) is 6.17. The fourth-order valence-electron chi connectivity index (χ4n) is 2.43. The van der Waals surface area contributed by atoms with Crippen molar-refractivity contribution < 1.29 is 4.74 Å². The largest absolute Gasteiger partial charge is 0.372 e. The average molecular weight is 316 g/mol. The van der Waals surface area contributed by atoms with Crippen LogP contribution in [-0.4, -0.2) is 21.9 Å². The first-order chi connectivity index (χ1) is 8.61. The van der Waals surface area contributed by atoms with E-state index in [0.29, 0.717) is 18.8 Å². The topological polar surface area (TPSA) is 53.1 Å². The van der Waals surface area contributed by atoms with Gasteiger partial charge in [0.05, 0.1) is 28.6 Å². The Morgan fingerprint density at radius 2 is 2.06 bits per heavy atom. The zero-order chi connectivity index (χ0) is 13.1. The highest BCUT2D eigenvalue weighted by Crippen LogP contribution is 2.25. The molecule has 5 heteroatoms. The molecule has 0 unspecified atom stereocenters. The number of hydrogen-bond acceptors (Lipinski definition) is 3. The number of nitrogens with two attached hydrogens (primary N) is 1. The van der Waals surface area contributed by atoms with E-state index >= 15 is 0 Å². The van der Waals surface area contributed by atoms with Crippen molar-refractivity contribution in [3.8, 4) is 0 Å². The van der Waals surface area contributed by atoms with Crippen LogP contribution in [0.25, 0.3) is 0 Å². The molecule has 18 heavy (non-hydrogen) atoms. The third kappa shape index (κ3) is 3.13. The van der Waals surface area contributed by atoms with Crippen LogP contribution in [0.1, 0.15) is 44.0 Å². The Labute approximate surface area is 117 Å². The van der Waals surface area contributed by atoms with E-state index in [-0.39, 0.29) is 0 Å². The van der Waals surface area contributed by atoms with Gasteiger partial charge in [0.1, 0.15) is 0 Å². The minimum absolute atomic E-state index is 0.358. The molecule has 4 nitrogen and oxygen atoms in total. The Hall–Kier alpha value is -0.390. The van der Waals surface area contributed by atoms with E-state index in [0.717, 1.165) is 48.0 Å². The normalized spacial score (nSPS) is 24.4. The maximum atomic E-state index is 5.99. The molecule has 1 aliphatic rings. The van der Waals surface area contributed by atoms with Gasteiger partial charge in [-0.3, -0.25) is 4.68 Å². The molecule has 0 radical (unpaired) electrons. The van der Waals surface area contributed by atoms with Crippen molar-refractivity contribution in [2.24, 2.45) is 12.8 Å². The van der Waals surface area contributed by atoms with E-state index in [1.165, 1.54) is 0 Å². The summed E-state index contributed by atoms with van der Waals surface area (Å²) in [7, 11) is 1.97. The SMILES string of the molecule is CCc1nn(C)c(COC2CCC(N)CC2)c1Br. The maximum Gasteiger partial charge on any atom is 0.0900 e. The second-order valence-corrected chi connectivity index (χ2v) is 5.83. The smallest absolute Gasteiger partial charge is 0.0900 e. The number of ether oxygens (including phenoxy) is 1. The summed E-state index contributed by atoms with van der Waals surface area (Å²) < 4.78 is 9.00. The number of nitrogens with zero attached hydrogens (tertiary/aromatic N) is 2. The molecule has 0 aliphatic heterocycles. The summed E-state index contributed by atoms with van der Waals surface area (Å²) in [5.74, 6) is 0. The zero-order valence-corrected chi connectivity index (χ0v) is 12.7. The van der Waals surface area contributed by atoms with Crippen molar-refractivity contribution >= 4 is 15.9 Å². The molecule has 1 heterocycles. The van der Waals surface area contributed by atoms with E-state index < -0.39 is 0 Å². The number of halogens is 1. The van der Waals surface area contributed by atoms with Crippen LogP contribution in [0.4, 0.5) is 0 Å². The average Bonchev–Trinajstić information content (AvgIpc) is 2.64. The van der Waals surface area contributed by atoms with Gasteiger partial charge in [-0.15, -0.1) is 0 Å². The summed E-state index contributed by atoms with van der Waals surface area (Å²) >= 11 is 3.61. The minimum atomic E-state index is 0.358. The fourth-order valence-corrected chi connectivity index (χ4v) is 3.16. The number of rotatable bonds is 4. The molecular formula is C13H22BrN3O. The van der Waals surface area contributed by atoms with Crippen molar-refractivity contribution in [1.82, 2.24) is 9.78 Å². The molecule has 102 valence electrons. The zero-order valence-electron chi connectivity index (χ0n) is 11.2. The molecule has 0 aromatic carbocycles. The van der Waals surface area contributed by atoms with E-state index in [1.807, 2.05) is 11.7 Å². The van der Waals surface area contributed by atoms with Crippen LogP contribution in [0.5, 0.6) is 0 Å². The lowest BCUT2D eigenvalue weighted by molar-refractivity contribution is 0.0106. The first-order valence-corrected chi connectivity index (χ1v) is 7.48. The number of hydrogen-bond donors (Lipinski definition) is 1. The fraction of sp³-hybridized carbons (Fsp3) is 0.769. The van der Waals surface area contributed by atoms with Gasteiger partial charge in [-0.2, -0.15) is 5.10 Å². The van der Waals surface area contributed by atoms with Crippen LogP contribution in [0.3, 0.4) is 0 Å². The molecule has 0 saturated heterocycles. The van der Waals surface area contributed by atoms with Gasteiger partial charge >= 0.3 is 0 Å². The molecule has 1 saturated carbocycles. The van der Waals surface area contributed by atoms with Crippen molar-refractivity contribution in [2.45, 2.75) is 57.8 Å². The summed E-state index contributed by atoms with van der Waals surface area (Å²) in [6.07, 6.45) is 5.62. The number of aromatic nitrogens is 2. The first kappa shape index (κ1) is 14.0. The molecule has 0 bridgehead atoms. The van der Waals surface area contributed by atoms with Crippen LogP contribution in [0, 0.1) is 0 Å². The molecule has 0 amide bonds. The van der Waals surface area contributed by atoms with Crippen molar-refractivity contribution in [2.75, 3.05) is 0 Å². The molecule has 0 spiro atoms. The standard InChI is InChI=1S/C13H22BrN3O/c1-3-11-13(14)12(17(2)16-11)8-18-10-6-4-9(15)5-7-10/h9-10H,3-8,15H2,1-2H3. The Bertz CT molecular complexity index is 397. The van der Waals surface area contributed by atoms with Crippen molar-refractivity contribution in [1.29, 1.82) is 0 Å². The van der Waals surface area contributed by atoms with Crippen LogP contribution in [0.2, 0.25) is 0 Å². The Morgan fingerprint density at radius 1 is 1.39 bits per heavy atom. The third-order valence-corrected chi connectivity index (χ3v) is 4.59. The Morgan fingerprint density at radius 3 is 2.61 bits per heavy atom. The van der Waals surface area contributed by atoms with Crippen molar-refractivity contribution in [3.63, 3.8) is 0 Å². The lowest BCUT2D eigenvalue weighted by atomic mass is 9.94. The summed E-state index contributed by atoms with van der Waals surface area (Å²) in [6, 6.07) is 0.375. The lowest BCUT2D eigenvalue weighted by Gasteiger charge is -2.26. The molecule has 1 aliphatic carbocycles. The van der Waals surface area contributed by atoms with E-state index in [4.69, 9.17) is 10.5 Å². The number of aryl methyl sites for hydroxylation is 2. The quantitative estimate of drug-likeness (QED) is 0.929. The minimum Gasteiger partial charge on any atom is -0.372 e. The highest BCUT2D eigenvalue weighted by molar-refractivity contribution is 9.10. The van der Waals surface area contributed by atoms with Crippen LogP contribution >= 0.6 is 15.9 Å². The van der Waals surface area contributed by atoms with Gasteiger partial charge < -0.3 is 10.5 Å². The molecule has 2 N–H and O–H groups in total. The van der Waals surface area contributed by atoms with Crippen molar-refractivity contribution in [3.05, 3.63) is 15.9 Å². The summed E-state index contributed by atoms with van der Waals surface area (Å²) in [5.41, 5.74) is 8.12. The van der Waals surface area contributed by atoms with Gasteiger partial charge in [-0.05, 0) is 48.0 Å². The molecule has 0 atom stereocenters. The van der Waals surface area contributed by atoms with Gasteiger partial charge in [-0.25, -0.2) is 0 Å². The van der Waals surface area contributed by atoms with Crippen LogP contribution < -0.4 is 5.73 Å². The molecule has 1 aromatic rings. The van der Waals surface area contributed by atoms with E-state index in [2.05, 4.69) is 28.0 Å². The van der Waals surface area contributed by atoms with E-state index in [1.54, 1.807) is 0 Å². The molecule has 1 aromatic heterocycles. The second-order valence-electron chi connectivity index (χ2n) is 5.03. The van der Waals surface area contributed by atoms with Gasteiger partial charge in [0.25, 0.3) is 0 Å². The van der Waals surface area contributed by atoms with Gasteiger partial charge in [0, 0.05) is 13.1 Å². The third-order valence-electron chi connectivity index (χ3n) is 3.68. The summed E-state index contributed by atoms with van der Waals surface area (Å²) in [4.78, 5) is 0. The summed E-state index contributed by atoms with van der Waals surface area (Å²) in [6.45, 7) is 2.74. The first-order valence-electron chi connectivity index (χ1n) is 6.69. The van der Waals surface area contributed by atoms with Crippen LogP contribution in [0.15, 0.2) is 4.47 Å². The Kier molecular flexibility index (Phi) is 4.81. The summed E-state index contributed by atoms with van der Waals surface area (Å²) in [5, 5.41) is 4.47. The monoisotopic (exact) mass is 315 g/mol. The maximum absolute atomic E-state index is 5.99. The van der Waals surface area contributed by atoms with Gasteiger partial charge in [0.2, 0.25) is 0 Å².